The molecule has 0 aliphatic carbocycles. The molecule has 0 heterocycles. The maximum Gasteiger partial charge on any atom is 0.0233 e. The number of rotatable bonds is 7. The standard InChI is InChI=1S/C16H28N2/c1-5-18(11-14(4)10-17)12-15-6-8-16(9-7-15)13(2)3/h6-9,13-14H,5,10-12,17H2,1-4H3. The molecular formula is C16H28N2. The summed E-state index contributed by atoms with van der Waals surface area (Å²) in [5.74, 6) is 1.18. The van der Waals surface area contributed by atoms with Crippen molar-refractivity contribution in [2.45, 2.75) is 40.2 Å². The van der Waals surface area contributed by atoms with Crippen molar-refractivity contribution in [2.75, 3.05) is 19.6 Å². The molecule has 0 saturated heterocycles. The van der Waals surface area contributed by atoms with Gasteiger partial charge in [-0.25, -0.2) is 0 Å². The number of nitrogens with zero attached hydrogens (tertiary/aromatic N) is 1. The van der Waals surface area contributed by atoms with E-state index in [0.717, 1.165) is 26.2 Å². The molecule has 0 spiro atoms. The third-order valence-corrected chi connectivity index (χ3v) is 3.47. The van der Waals surface area contributed by atoms with Crippen molar-refractivity contribution in [2.24, 2.45) is 11.7 Å². The van der Waals surface area contributed by atoms with Gasteiger partial charge < -0.3 is 5.73 Å². The summed E-state index contributed by atoms with van der Waals surface area (Å²) in [6.07, 6.45) is 0. The zero-order valence-corrected chi connectivity index (χ0v) is 12.3. The van der Waals surface area contributed by atoms with Gasteiger partial charge in [-0.05, 0) is 36.1 Å². The summed E-state index contributed by atoms with van der Waals surface area (Å²) in [5.41, 5.74) is 8.50. The Morgan fingerprint density at radius 2 is 1.72 bits per heavy atom. The van der Waals surface area contributed by atoms with Crippen LogP contribution in [0.15, 0.2) is 24.3 Å². The van der Waals surface area contributed by atoms with Gasteiger partial charge in [0.25, 0.3) is 0 Å². The van der Waals surface area contributed by atoms with E-state index in [1.54, 1.807) is 0 Å². The van der Waals surface area contributed by atoms with Crippen molar-refractivity contribution in [1.29, 1.82) is 0 Å². The third-order valence-electron chi connectivity index (χ3n) is 3.47. The summed E-state index contributed by atoms with van der Waals surface area (Å²) in [5, 5.41) is 0. The van der Waals surface area contributed by atoms with Gasteiger partial charge in [-0.15, -0.1) is 0 Å². The Labute approximate surface area is 112 Å². The van der Waals surface area contributed by atoms with Crippen LogP contribution < -0.4 is 5.73 Å². The molecule has 0 aliphatic rings. The van der Waals surface area contributed by atoms with Crippen LogP contribution >= 0.6 is 0 Å². The lowest BCUT2D eigenvalue weighted by molar-refractivity contribution is 0.243. The highest BCUT2D eigenvalue weighted by atomic mass is 15.1. The van der Waals surface area contributed by atoms with E-state index >= 15 is 0 Å². The first-order valence-electron chi connectivity index (χ1n) is 7.08. The number of benzene rings is 1. The topological polar surface area (TPSA) is 29.3 Å². The fraction of sp³-hybridized carbons (Fsp3) is 0.625. The number of nitrogens with two attached hydrogens (primary N) is 1. The van der Waals surface area contributed by atoms with E-state index in [4.69, 9.17) is 5.73 Å². The predicted octanol–water partition coefficient (Wildman–Crippen LogP) is 3.23. The van der Waals surface area contributed by atoms with Gasteiger partial charge >= 0.3 is 0 Å². The third kappa shape index (κ3) is 4.79. The van der Waals surface area contributed by atoms with Crippen molar-refractivity contribution < 1.29 is 0 Å². The van der Waals surface area contributed by atoms with Gasteiger partial charge in [0.05, 0.1) is 0 Å². The average Bonchev–Trinajstić information content (AvgIpc) is 2.38. The Hall–Kier alpha value is -0.860. The van der Waals surface area contributed by atoms with Crippen LogP contribution in [0.4, 0.5) is 0 Å². The van der Waals surface area contributed by atoms with E-state index in [2.05, 4.69) is 56.9 Å². The van der Waals surface area contributed by atoms with Crippen molar-refractivity contribution in [1.82, 2.24) is 4.90 Å². The van der Waals surface area contributed by atoms with Crippen LogP contribution in [0, 0.1) is 5.92 Å². The normalized spacial score (nSPS) is 13.3. The average molecular weight is 248 g/mol. The lowest BCUT2D eigenvalue weighted by atomic mass is 10.0. The van der Waals surface area contributed by atoms with Crippen LogP contribution in [-0.2, 0) is 6.54 Å². The molecule has 1 aromatic rings. The molecule has 0 aromatic heterocycles. The highest BCUT2D eigenvalue weighted by Crippen LogP contribution is 2.15. The summed E-state index contributed by atoms with van der Waals surface area (Å²) in [6, 6.07) is 9.01. The Balaban J connectivity index is 2.59. The fourth-order valence-electron chi connectivity index (χ4n) is 2.09. The highest BCUT2D eigenvalue weighted by molar-refractivity contribution is 5.24. The Morgan fingerprint density at radius 3 is 2.17 bits per heavy atom. The van der Waals surface area contributed by atoms with Gasteiger partial charge in [0.1, 0.15) is 0 Å². The maximum absolute atomic E-state index is 5.69. The molecule has 0 saturated carbocycles. The summed E-state index contributed by atoms with van der Waals surface area (Å²) in [7, 11) is 0. The van der Waals surface area contributed by atoms with Crippen LogP contribution in [0.25, 0.3) is 0 Å². The molecule has 2 heteroatoms. The SMILES string of the molecule is CCN(Cc1ccc(C(C)C)cc1)CC(C)CN. The Morgan fingerprint density at radius 1 is 1.11 bits per heavy atom. The lowest BCUT2D eigenvalue weighted by Gasteiger charge is -2.23. The van der Waals surface area contributed by atoms with E-state index in [-0.39, 0.29) is 0 Å². The second-order valence-corrected chi connectivity index (χ2v) is 5.56. The molecule has 2 nitrogen and oxygen atoms in total. The molecule has 2 N–H and O–H groups in total. The number of hydrogen-bond acceptors (Lipinski definition) is 2. The van der Waals surface area contributed by atoms with E-state index in [1.807, 2.05) is 0 Å². The fourth-order valence-corrected chi connectivity index (χ4v) is 2.09. The second kappa shape index (κ2) is 7.55. The minimum absolute atomic E-state index is 0.569. The molecule has 1 unspecified atom stereocenters. The molecule has 0 bridgehead atoms. The second-order valence-electron chi connectivity index (χ2n) is 5.56. The Bertz CT molecular complexity index is 329. The monoisotopic (exact) mass is 248 g/mol. The molecular weight excluding hydrogens is 220 g/mol. The van der Waals surface area contributed by atoms with Gasteiger partial charge in [0.2, 0.25) is 0 Å². The van der Waals surface area contributed by atoms with E-state index < -0.39 is 0 Å². The predicted molar refractivity (Wildman–Crippen MR) is 79.7 cm³/mol. The quantitative estimate of drug-likeness (QED) is 0.802. The first kappa shape index (κ1) is 15.2. The van der Waals surface area contributed by atoms with Crippen molar-refractivity contribution in [3.8, 4) is 0 Å². The minimum Gasteiger partial charge on any atom is -0.330 e. The van der Waals surface area contributed by atoms with Crippen molar-refractivity contribution >= 4 is 0 Å². The van der Waals surface area contributed by atoms with Gasteiger partial charge in [0, 0.05) is 13.1 Å². The molecule has 0 aliphatic heterocycles. The summed E-state index contributed by atoms with van der Waals surface area (Å²) in [6.45, 7) is 12.8. The minimum atomic E-state index is 0.569. The van der Waals surface area contributed by atoms with Gasteiger partial charge in [-0.3, -0.25) is 4.90 Å². The molecule has 102 valence electrons. The van der Waals surface area contributed by atoms with Crippen LogP contribution in [0.3, 0.4) is 0 Å². The molecule has 1 rings (SSSR count). The zero-order valence-electron chi connectivity index (χ0n) is 12.3. The molecule has 0 fully saturated rings. The summed E-state index contributed by atoms with van der Waals surface area (Å²) in [4.78, 5) is 2.46. The molecule has 18 heavy (non-hydrogen) atoms. The zero-order chi connectivity index (χ0) is 13.5. The van der Waals surface area contributed by atoms with Crippen LogP contribution in [0.1, 0.15) is 44.7 Å². The van der Waals surface area contributed by atoms with E-state index in [1.165, 1.54) is 11.1 Å². The first-order chi connectivity index (χ1) is 8.56. The van der Waals surface area contributed by atoms with Gasteiger partial charge in [0.15, 0.2) is 0 Å². The molecule has 1 aromatic carbocycles. The first-order valence-corrected chi connectivity index (χ1v) is 7.08. The van der Waals surface area contributed by atoms with Crippen LogP contribution in [0.2, 0.25) is 0 Å². The van der Waals surface area contributed by atoms with Gasteiger partial charge in [-0.1, -0.05) is 52.0 Å². The van der Waals surface area contributed by atoms with Gasteiger partial charge in [-0.2, -0.15) is 0 Å². The number of hydrogen-bond donors (Lipinski definition) is 1. The summed E-state index contributed by atoms with van der Waals surface area (Å²) >= 11 is 0. The van der Waals surface area contributed by atoms with Crippen LogP contribution in [0.5, 0.6) is 0 Å². The van der Waals surface area contributed by atoms with Crippen molar-refractivity contribution in [3.63, 3.8) is 0 Å². The van der Waals surface area contributed by atoms with E-state index in [0.29, 0.717) is 11.8 Å². The van der Waals surface area contributed by atoms with Crippen molar-refractivity contribution in [3.05, 3.63) is 35.4 Å². The molecule has 0 radical (unpaired) electrons. The molecule has 0 amide bonds. The Kier molecular flexibility index (Phi) is 6.37. The smallest absolute Gasteiger partial charge is 0.0233 e. The lowest BCUT2D eigenvalue weighted by Crippen LogP contribution is -2.31. The maximum atomic E-state index is 5.69. The largest absolute Gasteiger partial charge is 0.330 e. The highest BCUT2D eigenvalue weighted by Gasteiger charge is 2.08. The summed E-state index contributed by atoms with van der Waals surface area (Å²) < 4.78 is 0. The van der Waals surface area contributed by atoms with E-state index in [9.17, 15) is 0 Å². The van der Waals surface area contributed by atoms with Crippen LogP contribution in [-0.4, -0.2) is 24.5 Å². The molecule has 1 atom stereocenters.